The van der Waals surface area contributed by atoms with Crippen molar-refractivity contribution in [2.45, 2.75) is 0 Å². The van der Waals surface area contributed by atoms with Crippen LogP contribution in [0.1, 0.15) is 0 Å². The average molecular weight is 235 g/mol. The van der Waals surface area contributed by atoms with Crippen molar-refractivity contribution in [1.29, 1.82) is 0 Å². The Morgan fingerprint density at radius 1 is 1.25 bits per heavy atom. The minimum absolute atomic E-state index is 0.706. The van der Waals surface area contributed by atoms with E-state index in [-0.39, 0.29) is 0 Å². The molecule has 0 aliphatic heterocycles. The second-order valence-electron chi connectivity index (χ2n) is 0.793. The van der Waals surface area contributed by atoms with Crippen molar-refractivity contribution in [3.63, 3.8) is 0 Å². The predicted octanol–water partition coefficient (Wildman–Crippen LogP) is 0.253. The minimum atomic E-state index is -1.72. The van der Waals surface area contributed by atoms with Crippen molar-refractivity contribution in [2.75, 3.05) is 0 Å². The zero-order chi connectivity index (χ0) is 6.78. The third kappa shape index (κ3) is 3.14. The quantitative estimate of drug-likeness (QED) is 0.381. The molecular weight excluding hydrogens is 235 g/mol. The molecule has 0 spiro atoms. The van der Waals surface area contributed by atoms with E-state index in [1.807, 2.05) is 0 Å². The fraction of sp³-hybridized carbons (Fsp3) is 0. The van der Waals surface area contributed by atoms with Gasteiger partial charge in [0.2, 0.25) is 0 Å². The average Bonchev–Trinajstić information content (AvgIpc) is 1.67. The summed E-state index contributed by atoms with van der Waals surface area (Å²) in [5.41, 5.74) is 1.36. The molecule has 0 nitrogen and oxygen atoms in total. The van der Waals surface area contributed by atoms with E-state index in [1.165, 1.54) is 5.43 Å². The van der Waals surface area contributed by atoms with Crippen LogP contribution in [-0.2, 0) is 57.8 Å². The zero-order valence-corrected chi connectivity index (χ0v) is 9.15. The Kier molecular flexibility index (Phi) is 4.80. The molecule has 0 bridgehead atoms. The van der Waals surface area contributed by atoms with E-state index in [9.17, 15) is 0 Å². The molecule has 0 rings (SSSR count). The van der Waals surface area contributed by atoms with E-state index in [1.54, 1.807) is 0 Å². The van der Waals surface area contributed by atoms with Gasteiger partial charge in [0.15, 0.2) is 0 Å². The van der Waals surface area contributed by atoms with E-state index < -0.39 is 13.1 Å². The summed E-state index contributed by atoms with van der Waals surface area (Å²) in [7, 11) is -0.706. The monoisotopic (exact) mass is 235 g/mol. The van der Waals surface area contributed by atoms with Gasteiger partial charge in [0, 0.05) is 0 Å². The molecule has 0 heterocycles. The Hall–Kier alpha value is 1.86. The predicted molar refractivity (Wildman–Crippen MR) is 57.5 cm³/mol. The van der Waals surface area contributed by atoms with Gasteiger partial charge in [0.1, 0.15) is 0 Å². The van der Waals surface area contributed by atoms with Crippen LogP contribution in [0.25, 0.3) is 0 Å². The maximum absolute atomic E-state index is 4.81. The number of hydrogen-bond donors (Lipinski definition) is 0. The summed E-state index contributed by atoms with van der Waals surface area (Å²) in [4.78, 5) is 0. The van der Waals surface area contributed by atoms with Crippen LogP contribution in [0, 0.1) is 0 Å². The fourth-order valence-electron chi connectivity index (χ4n) is 0.0321. The van der Waals surface area contributed by atoms with Gasteiger partial charge in [-0.15, -0.1) is 0 Å². The van der Waals surface area contributed by atoms with Crippen molar-refractivity contribution < 1.29 is 0 Å². The fourth-order valence-corrected chi connectivity index (χ4v) is 2.60. The Bertz CT molecular complexity index is 228. The Balaban J connectivity index is 4.99. The van der Waals surface area contributed by atoms with E-state index in [0.717, 1.165) is 0 Å². The van der Waals surface area contributed by atoms with Gasteiger partial charge in [-0.1, -0.05) is 0 Å². The van der Waals surface area contributed by atoms with Crippen molar-refractivity contribution in [1.82, 2.24) is 0 Å². The maximum atomic E-state index is 4.81. The molecule has 46 valence electrons. The molecule has 0 aromatic carbocycles. The first-order valence-corrected chi connectivity index (χ1v) is 8.91. The normalized spacial score (nSPS) is 11.1. The molecule has 0 saturated heterocycles. The van der Waals surface area contributed by atoms with Crippen LogP contribution in [0.5, 0.6) is 0 Å². The summed E-state index contributed by atoms with van der Waals surface area (Å²) in [5.74, 6) is 0. The number of rotatable bonds is 2. The molecule has 0 aliphatic carbocycles. The molecule has 0 aliphatic rings. The molecule has 8 heteroatoms. The van der Waals surface area contributed by atoms with Crippen LogP contribution in [0.3, 0.4) is 0 Å². The summed E-state index contributed by atoms with van der Waals surface area (Å²) in [5, 5.41) is 0. The van der Waals surface area contributed by atoms with Gasteiger partial charge in [0.25, 0.3) is 0 Å². The summed E-state index contributed by atoms with van der Waals surface area (Å²) in [6, 6.07) is -1.72. The van der Waals surface area contributed by atoms with Crippen LogP contribution in [0.2, 0.25) is 0 Å². The molecule has 0 saturated carbocycles. The topological polar surface area (TPSA) is 0 Å². The van der Waals surface area contributed by atoms with Crippen molar-refractivity contribution >= 4 is 75.3 Å². The first kappa shape index (κ1) is 9.86. The van der Waals surface area contributed by atoms with Crippen LogP contribution in [0.4, 0.5) is 0 Å². The second kappa shape index (κ2) is 3.90. The Morgan fingerprint density at radius 2 is 1.62 bits per heavy atom. The van der Waals surface area contributed by atoms with Crippen LogP contribution >= 0.6 is 12.1 Å². The SMILES string of the molecule is S=BS(=S)(=S)[S-](=S)=S. The third-order valence-electron chi connectivity index (χ3n) is 0.308. The molecule has 0 aromatic rings. The molecular formula is BS7-. The molecule has 0 aromatic heterocycles. The van der Waals surface area contributed by atoms with Crippen molar-refractivity contribution in [3.05, 3.63) is 0 Å². The van der Waals surface area contributed by atoms with Gasteiger partial charge in [-0.3, -0.25) is 0 Å². The molecule has 0 N–H and O–H groups in total. The number of hydrogen-bond acceptors (Lipinski definition) is 6. The van der Waals surface area contributed by atoms with Gasteiger partial charge < -0.3 is 0 Å². The van der Waals surface area contributed by atoms with E-state index in [0.29, 0.717) is 0 Å². The zero-order valence-electron chi connectivity index (χ0n) is 3.44. The van der Waals surface area contributed by atoms with Gasteiger partial charge in [-0.25, -0.2) is 0 Å². The standard InChI is InChI=1S/BS7/c2-1-8(5,6)7(3)4/q-1. The van der Waals surface area contributed by atoms with Gasteiger partial charge in [-0.05, 0) is 0 Å². The van der Waals surface area contributed by atoms with Gasteiger partial charge in [0.05, 0.1) is 0 Å². The van der Waals surface area contributed by atoms with Crippen LogP contribution in [-0.4, -0.2) is 5.43 Å². The summed E-state index contributed by atoms with van der Waals surface area (Å²) >= 11 is 23.5. The van der Waals surface area contributed by atoms with E-state index in [2.05, 4.69) is 34.4 Å². The molecule has 0 amide bonds. The Morgan fingerprint density at radius 3 is 1.62 bits per heavy atom. The van der Waals surface area contributed by atoms with E-state index >= 15 is 0 Å². The second-order valence-corrected chi connectivity index (χ2v) is 14.5. The van der Waals surface area contributed by atoms with E-state index in [4.69, 9.17) is 22.4 Å². The molecule has 0 atom stereocenters. The summed E-state index contributed by atoms with van der Waals surface area (Å²) in [6.45, 7) is 0. The van der Waals surface area contributed by atoms with Crippen molar-refractivity contribution in [3.8, 4) is 0 Å². The van der Waals surface area contributed by atoms with Gasteiger partial charge in [-0.2, -0.15) is 0 Å². The Labute approximate surface area is 74.5 Å². The van der Waals surface area contributed by atoms with Crippen molar-refractivity contribution in [2.24, 2.45) is 0 Å². The first-order chi connectivity index (χ1) is 3.50. The molecule has 0 radical (unpaired) electrons. The van der Waals surface area contributed by atoms with Crippen LogP contribution < -0.4 is 0 Å². The third-order valence-corrected chi connectivity index (χ3v) is 14.3. The van der Waals surface area contributed by atoms with Gasteiger partial charge >= 0.3 is 75.3 Å². The molecule has 0 fully saturated rings. The first-order valence-electron chi connectivity index (χ1n) is 1.30. The van der Waals surface area contributed by atoms with Crippen LogP contribution in [0.15, 0.2) is 0 Å². The molecule has 0 unspecified atom stereocenters. The summed E-state index contributed by atoms with van der Waals surface area (Å²) < 4.78 is 0. The molecule has 8 heavy (non-hydrogen) atoms. The summed E-state index contributed by atoms with van der Waals surface area (Å²) in [6.07, 6.45) is 0.